The van der Waals surface area contributed by atoms with Crippen molar-refractivity contribution >= 4 is 27.6 Å². The topological polar surface area (TPSA) is 59.3 Å². The van der Waals surface area contributed by atoms with Crippen LogP contribution in [0, 0.1) is 6.92 Å². The molecule has 4 rings (SSSR count). The van der Waals surface area contributed by atoms with Gasteiger partial charge in [-0.3, -0.25) is 9.59 Å². The van der Waals surface area contributed by atoms with Gasteiger partial charge in [-0.25, -0.2) is 0 Å². The number of hydrogen-bond donors (Lipinski definition) is 1. The van der Waals surface area contributed by atoms with E-state index in [0.717, 1.165) is 38.4 Å². The summed E-state index contributed by atoms with van der Waals surface area (Å²) < 4.78 is 1.70. The van der Waals surface area contributed by atoms with Gasteiger partial charge in [-0.15, -0.1) is 0 Å². The number of rotatable bonds is 4. The number of pyridine rings is 1. The molecule has 0 bridgehead atoms. The number of aliphatic carboxylic acids is 1. The second kappa shape index (κ2) is 6.97. The lowest BCUT2D eigenvalue weighted by atomic mass is 9.91. The Hall–Kier alpha value is -3.40. The molecule has 0 fully saturated rings. The van der Waals surface area contributed by atoms with E-state index in [1.807, 2.05) is 67.6 Å². The van der Waals surface area contributed by atoms with Crippen molar-refractivity contribution in [1.29, 1.82) is 0 Å². The van der Waals surface area contributed by atoms with E-state index in [1.54, 1.807) is 11.6 Å². The highest BCUT2D eigenvalue weighted by Crippen LogP contribution is 2.33. The van der Waals surface area contributed by atoms with Gasteiger partial charge in [0, 0.05) is 18.9 Å². The minimum Gasteiger partial charge on any atom is -0.481 e. The lowest BCUT2D eigenvalue weighted by molar-refractivity contribution is -0.136. The number of fused-ring (bicyclic) bond motifs is 2. The van der Waals surface area contributed by atoms with Crippen molar-refractivity contribution in [2.75, 3.05) is 0 Å². The summed E-state index contributed by atoms with van der Waals surface area (Å²) in [4.78, 5) is 24.2. The first-order chi connectivity index (χ1) is 13.5. The molecule has 0 aliphatic carbocycles. The summed E-state index contributed by atoms with van der Waals surface area (Å²) in [5.74, 6) is -0.813. The van der Waals surface area contributed by atoms with Crippen LogP contribution in [0.25, 0.3) is 32.8 Å². The first-order valence-corrected chi connectivity index (χ1v) is 9.30. The van der Waals surface area contributed by atoms with Gasteiger partial charge >= 0.3 is 5.97 Å². The van der Waals surface area contributed by atoms with E-state index in [2.05, 4.69) is 0 Å². The van der Waals surface area contributed by atoms with Crippen LogP contribution in [0.2, 0.25) is 0 Å². The zero-order valence-electron chi connectivity index (χ0n) is 15.9. The molecule has 0 atom stereocenters. The number of para-hydroxylation sites is 1. The van der Waals surface area contributed by atoms with Gasteiger partial charge in [-0.1, -0.05) is 54.6 Å². The molecule has 0 aliphatic heterocycles. The van der Waals surface area contributed by atoms with Crippen molar-refractivity contribution in [1.82, 2.24) is 4.57 Å². The second-order valence-corrected chi connectivity index (χ2v) is 7.09. The molecular formula is C24H21NO3. The zero-order valence-corrected chi connectivity index (χ0v) is 15.9. The Morgan fingerprint density at radius 1 is 0.929 bits per heavy atom. The highest BCUT2D eigenvalue weighted by atomic mass is 16.4. The van der Waals surface area contributed by atoms with Crippen LogP contribution in [0.3, 0.4) is 0 Å². The summed E-state index contributed by atoms with van der Waals surface area (Å²) in [6, 6.07) is 19.7. The van der Waals surface area contributed by atoms with Crippen molar-refractivity contribution < 1.29 is 9.90 Å². The lowest BCUT2D eigenvalue weighted by Crippen LogP contribution is -2.20. The van der Waals surface area contributed by atoms with E-state index in [1.165, 1.54) is 0 Å². The maximum absolute atomic E-state index is 13.2. The van der Waals surface area contributed by atoms with Crippen LogP contribution < -0.4 is 5.56 Å². The Morgan fingerprint density at radius 2 is 1.57 bits per heavy atom. The summed E-state index contributed by atoms with van der Waals surface area (Å²) in [7, 11) is 1.80. The predicted octanol–water partition coefficient (Wildman–Crippen LogP) is 4.68. The fourth-order valence-electron chi connectivity index (χ4n) is 4.01. The molecule has 4 aromatic rings. The average Bonchev–Trinajstić information content (AvgIpc) is 2.71. The number of carboxylic acids is 1. The molecule has 1 N–H and O–H groups in total. The third-order valence-corrected chi connectivity index (χ3v) is 5.45. The van der Waals surface area contributed by atoms with E-state index in [-0.39, 0.29) is 12.0 Å². The van der Waals surface area contributed by atoms with Crippen LogP contribution in [0.4, 0.5) is 0 Å². The monoisotopic (exact) mass is 371 g/mol. The fourth-order valence-corrected chi connectivity index (χ4v) is 4.01. The van der Waals surface area contributed by atoms with Gasteiger partial charge in [0.1, 0.15) is 0 Å². The summed E-state index contributed by atoms with van der Waals surface area (Å²) >= 11 is 0. The molecule has 0 aliphatic rings. The molecule has 3 aromatic carbocycles. The molecule has 0 saturated heterocycles. The fraction of sp³-hybridized carbons (Fsp3) is 0.167. The van der Waals surface area contributed by atoms with Gasteiger partial charge in [0.15, 0.2) is 0 Å². The first-order valence-electron chi connectivity index (χ1n) is 9.30. The van der Waals surface area contributed by atoms with Crippen molar-refractivity contribution in [3.8, 4) is 11.1 Å². The number of carboxylic acid groups (broad SMARTS) is 1. The molecule has 28 heavy (non-hydrogen) atoms. The molecular weight excluding hydrogens is 350 g/mol. The number of hydrogen-bond acceptors (Lipinski definition) is 2. The van der Waals surface area contributed by atoms with Crippen LogP contribution in [0.15, 0.2) is 65.5 Å². The molecule has 4 heteroatoms. The molecule has 140 valence electrons. The number of aromatic nitrogens is 1. The minimum absolute atomic E-state index is 0.0281. The Bertz CT molecular complexity index is 1280. The van der Waals surface area contributed by atoms with Gasteiger partial charge in [0.05, 0.1) is 11.1 Å². The smallest absolute Gasteiger partial charge is 0.303 e. The average molecular weight is 371 g/mol. The Kier molecular flexibility index (Phi) is 4.47. The molecule has 1 aromatic heterocycles. The van der Waals surface area contributed by atoms with Gasteiger partial charge in [-0.2, -0.15) is 0 Å². The van der Waals surface area contributed by atoms with E-state index < -0.39 is 5.97 Å². The van der Waals surface area contributed by atoms with Crippen LogP contribution >= 0.6 is 0 Å². The first kappa shape index (κ1) is 18.0. The maximum Gasteiger partial charge on any atom is 0.303 e. The van der Waals surface area contributed by atoms with E-state index in [0.29, 0.717) is 12.0 Å². The highest BCUT2D eigenvalue weighted by Gasteiger charge is 2.17. The Morgan fingerprint density at radius 3 is 2.29 bits per heavy atom. The van der Waals surface area contributed by atoms with E-state index in [9.17, 15) is 9.59 Å². The molecule has 1 heterocycles. The molecule has 0 saturated carbocycles. The quantitative estimate of drug-likeness (QED) is 0.566. The normalized spacial score (nSPS) is 11.2. The second-order valence-electron chi connectivity index (χ2n) is 7.09. The van der Waals surface area contributed by atoms with Gasteiger partial charge < -0.3 is 9.67 Å². The molecule has 0 spiro atoms. The molecule has 0 amide bonds. The van der Waals surface area contributed by atoms with Crippen LogP contribution in [0.1, 0.15) is 17.5 Å². The minimum atomic E-state index is -0.813. The third kappa shape index (κ3) is 2.87. The highest BCUT2D eigenvalue weighted by molar-refractivity contribution is 6.01. The van der Waals surface area contributed by atoms with Gasteiger partial charge in [-0.05, 0) is 46.9 Å². The summed E-state index contributed by atoms with van der Waals surface area (Å²) in [5, 5.41) is 12.1. The molecule has 4 nitrogen and oxygen atoms in total. The Balaban J connectivity index is 2.02. The van der Waals surface area contributed by atoms with Crippen molar-refractivity contribution in [2.45, 2.75) is 19.8 Å². The number of nitrogens with zero attached hydrogens (tertiary/aromatic N) is 1. The lowest BCUT2D eigenvalue weighted by Gasteiger charge is -2.16. The maximum atomic E-state index is 13.2. The van der Waals surface area contributed by atoms with Gasteiger partial charge in [0.2, 0.25) is 0 Å². The van der Waals surface area contributed by atoms with Gasteiger partial charge in [0.25, 0.3) is 5.56 Å². The molecule has 0 radical (unpaired) electrons. The Labute approximate surface area is 162 Å². The largest absolute Gasteiger partial charge is 0.481 e. The van der Waals surface area contributed by atoms with Crippen LogP contribution in [0.5, 0.6) is 0 Å². The third-order valence-electron chi connectivity index (χ3n) is 5.45. The standard InChI is InChI=1S/C24H21NO3/c1-15-17-7-5-6-10-21(17)25(2)24(28)23(15)20-13-11-16(12-14-22(26)27)18-8-3-4-9-19(18)20/h3-11,13H,12,14H2,1-2H3,(H,26,27). The molecule has 0 unspecified atom stereocenters. The summed E-state index contributed by atoms with van der Waals surface area (Å²) in [6.45, 7) is 1.99. The van der Waals surface area contributed by atoms with E-state index >= 15 is 0 Å². The predicted molar refractivity (Wildman–Crippen MR) is 113 cm³/mol. The summed E-state index contributed by atoms with van der Waals surface area (Å²) in [5.41, 5.74) is 4.41. The van der Waals surface area contributed by atoms with Crippen molar-refractivity contribution in [3.05, 3.63) is 82.1 Å². The SMILES string of the molecule is Cc1c(-c2ccc(CCC(=O)O)c3ccccc23)c(=O)n(C)c2ccccc12. The number of benzene rings is 3. The van der Waals surface area contributed by atoms with Crippen molar-refractivity contribution in [2.24, 2.45) is 7.05 Å². The number of carbonyl (C=O) groups is 1. The van der Waals surface area contributed by atoms with Crippen molar-refractivity contribution in [3.63, 3.8) is 0 Å². The summed E-state index contributed by atoms with van der Waals surface area (Å²) in [6.07, 6.45) is 0.547. The zero-order chi connectivity index (χ0) is 19.8. The van der Waals surface area contributed by atoms with Crippen LogP contribution in [-0.2, 0) is 18.3 Å². The van der Waals surface area contributed by atoms with E-state index in [4.69, 9.17) is 5.11 Å². The van der Waals surface area contributed by atoms with Crippen LogP contribution in [-0.4, -0.2) is 15.6 Å². The number of aryl methyl sites for hydroxylation is 3.